The van der Waals surface area contributed by atoms with E-state index in [2.05, 4.69) is 326 Å². The maximum absolute atomic E-state index is 5.14. The highest BCUT2D eigenvalue weighted by molar-refractivity contribution is 7.21. The second-order valence-electron chi connectivity index (χ2n) is 28.9. The quantitative estimate of drug-likeness (QED) is 0.147. The van der Waals surface area contributed by atoms with Gasteiger partial charge in [0.2, 0.25) is 0 Å². The first kappa shape index (κ1) is 64.7. The first-order valence-electron chi connectivity index (χ1n) is 38.3. The van der Waals surface area contributed by atoms with Crippen LogP contribution in [-0.4, -0.2) is 52.6 Å². The van der Waals surface area contributed by atoms with E-state index in [9.17, 15) is 0 Å². The molecule has 0 atom stereocenters. The zero-order chi connectivity index (χ0) is 74.9. The Morgan fingerprint density at radius 2 is 0.649 bits per heavy atom. The van der Waals surface area contributed by atoms with Gasteiger partial charge in [-0.3, -0.25) is 19.5 Å². The summed E-state index contributed by atoms with van der Waals surface area (Å²) in [6, 6.07) is 124. The van der Waals surface area contributed by atoms with Gasteiger partial charge in [-0.15, -0.1) is 11.3 Å². The highest BCUT2D eigenvalue weighted by atomic mass is 32.1. The molecule has 0 radical (unpaired) electrons. The number of para-hydroxylation sites is 7. The summed E-state index contributed by atoms with van der Waals surface area (Å²) in [4.78, 5) is 29.5. The molecule has 12 heteroatoms. The van der Waals surface area contributed by atoms with E-state index in [1.54, 1.807) is 11.3 Å². The van der Waals surface area contributed by atoms with Gasteiger partial charge in [0.05, 0.1) is 76.6 Å². The number of nitrogens with zero attached hydrogens (tertiary/aromatic N) is 11. The minimum Gasteiger partial charge on any atom is -0.309 e. The minimum absolute atomic E-state index is 0.919. The molecule has 0 bridgehead atoms. The molecule has 10 aromatic heterocycles. The van der Waals surface area contributed by atoms with E-state index < -0.39 is 0 Å². The molecule has 11 nitrogen and oxygen atoms in total. The van der Waals surface area contributed by atoms with E-state index in [1.807, 2.05) is 79.4 Å². The second kappa shape index (κ2) is 26.2. The molecule has 0 aliphatic carbocycles. The van der Waals surface area contributed by atoms with Gasteiger partial charge in [-0.05, 0) is 156 Å². The van der Waals surface area contributed by atoms with Crippen LogP contribution in [0.15, 0.2) is 383 Å². The van der Waals surface area contributed by atoms with Crippen LogP contribution in [0.2, 0.25) is 0 Å². The fraction of sp³-hybridized carbons (Fsp3) is 0. The Hall–Kier alpha value is -15.2. The predicted octanol–water partition coefficient (Wildman–Crippen LogP) is 26.1. The number of benzene rings is 15. The first-order chi connectivity index (χ1) is 56.6. The van der Waals surface area contributed by atoms with E-state index in [1.165, 1.54) is 102 Å². The maximum Gasteiger partial charge on any atom is 0.145 e. The van der Waals surface area contributed by atoms with Gasteiger partial charge in [-0.1, -0.05) is 212 Å². The normalized spacial score (nSPS) is 11.9. The topological polar surface area (TPSA) is 101 Å². The number of imidazole rings is 2. The molecule has 0 amide bonds. The Kier molecular flexibility index (Phi) is 14.9. The number of hydrogen-bond donors (Lipinski definition) is 0. The lowest BCUT2D eigenvalue weighted by atomic mass is 10.00. The summed E-state index contributed by atoms with van der Waals surface area (Å²) in [6.07, 6.45) is 9.79. The summed E-state index contributed by atoms with van der Waals surface area (Å²) >= 11 is 1.74. The van der Waals surface area contributed by atoms with Crippen LogP contribution in [0, 0.1) is 0 Å². The number of pyridine rings is 4. The molecule has 0 unspecified atom stereocenters. The molecule has 25 rings (SSSR count). The maximum atomic E-state index is 5.14. The van der Waals surface area contributed by atoms with Crippen molar-refractivity contribution < 1.29 is 0 Å². The molecular formula is C102H63N11S. The molecule has 0 aliphatic heterocycles. The summed E-state index contributed by atoms with van der Waals surface area (Å²) in [5.74, 6) is 0.919. The predicted molar refractivity (Wildman–Crippen MR) is 474 cm³/mol. The molecule has 25 aromatic rings. The van der Waals surface area contributed by atoms with Crippen LogP contribution in [0.25, 0.3) is 213 Å². The monoisotopic (exact) mass is 1470 g/mol. The summed E-state index contributed by atoms with van der Waals surface area (Å²) in [7, 11) is 0. The van der Waals surface area contributed by atoms with Gasteiger partial charge < -0.3 is 18.1 Å². The van der Waals surface area contributed by atoms with Crippen molar-refractivity contribution in [3.8, 4) is 56.0 Å². The fourth-order valence-electron chi connectivity index (χ4n) is 17.8. The average Bonchev–Trinajstić information content (AvgIpc) is 1.55. The van der Waals surface area contributed by atoms with Crippen LogP contribution in [0.4, 0.5) is 0 Å². The highest BCUT2D eigenvalue weighted by Gasteiger charge is 2.25. The molecule has 0 N–H and O–H groups in total. The molecule has 0 aliphatic rings. The van der Waals surface area contributed by atoms with Crippen molar-refractivity contribution in [2.24, 2.45) is 0 Å². The third kappa shape index (κ3) is 10.2. The van der Waals surface area contributed by atoms with Crippen molar-refractivity contribution in [3.05, 3.63) is 383 Å². The highest BCUT2D eigenvalue weighted by Crippen LogP contribution is 2.47. The van der Waals surface area contributed by atoms with Crippen molar-refractivity contribution in [2.75, 3.05) is 0 Å². The second-order valence-corrected chi connectivity index (χ2v) is 29.9. The van der Waals surface area contributed by atoms with E-state index in [-0.39, 0.29) is 0 Å². The van der Waals surface area contributed by atoms with Gasteiger partial charge in [0.25, 0.3) is 0 Å². The van der Waals surface area contributed by atoms with Crippen LogP contribution in [0.3, 0.4) is 0 Å². The SMILES string of the molecule is c1cc(-c2cn3ccccc3n2)cc(-n2c3ccccc3c3c4ccccc4c4ncccc4c32)c1.c1cc(-c2nc3ccccc3s2)cc(-n2c3ccccc3c3c4ccccc4c4ncccc4c32)c1.c1ccc(-n2c(-c3cccc(-n4c5ccccc5c5c6ccccc6c6ncccc6c54)c3)nc3ccccc32)cc1. The van der Waals surface area contributed by atoms with Gasteiger partial charge in [0, 0.05) is 135 Å². The van der Waals surface area contributed by atoms with Crippen molar-refractivity contribution in [2.45, 2.75) is 0 Å². The van der Waals surface area contributed by atoms with Crippen LogP contribution in [0.5, 0.6) is 0 Å². The summed E-state index contributed by atoms with van der Waals surface area (Å²) in [5, 5.41) is 19.2. The van der Waals surface area contributed by atoms with Crippen LogP contribution in [-0.2, 0) is 0 Å². The lowest BCUT2D eigenvalue weighted by Crippen LogP contribution is -1.99. The van der Waals surface area contributed by atoms with Crippen molar-refractivity contribution in [1.29, 1.82) is 0 Å². The molecule has 114 heavy (non-hydrogen) atoms. The van der Waals surface area contributed by atoms with Crippen LogP contribution >= 0.6 is 11.3 Å². The van der Waals surface area contributed by atoms with Gasteiger partial charge in [-0.2, -0.15) is 0 Å². The Morgan fingerprint density at radius 1 is 0.254 bits per heavy atom. The zero-order valence-electron chi connectivity index (χ0n) is 61.2. The van der Waals surface area contributed by atoms with Gasteiger partial charge in [-0.25, -0.2) is 15.0 Å². The molecule has 0 fully saturated rings. The van der Waals surface area contributed by atoms with Gasteiger partial charge in [0.15, 0.2) is 0 Å². The minimum atomic E-state index is 0.919. The average molecular weight is 1470 g/mol. The molecule has 10 heterocycles. The van der Waals surface area contributed by atoms with E-state index >= 15 is 0 Å². The Bertz CT molecular complexity index is 7850. The number of rotatable bonds is 7. The number of hydrogen-bond acceptors (Lipinski definition) is 7. The third-order valence-electron chi connectivity index (χ3n) is 22.5. The fourth-order valence-corrected chi connectivity index (χ4v) is 18.7. The van der Waals surface area contributed by atoms with Crippen LogP contribution in [0.1, 0.15) is 0 Å². The summed E-state index contributed by atoms with van der Waals surface area (Å²) in [5.41, 5.74) is 22.9. The standard InChI is InChI=1S/C38H24N4.C32H20N4.C32H19N3S/c1-2-13-26(14-3-1)42-34-22-9-7-20-32(34)40-38(42)25-12-10-15-27(24-25)41-33-21-8-6-18-30(33)35-28-16-4-5-17-29(28)36-31(37(35)41)19-11-23-39-36;1-2-12-24-23(11-1)30-25-13-3-4-15-28(25)36(32(30)26-14-8-17-33-31(24)26)22-10-7-9-21(19-22)27-20-35-18-6-5-16-29(35)34-27;1-2-12-23-22(11-1)29-24-13-3-5-16-27(24)35(31(29)25-14-8-18-33-30(23)25)21-10-7-9-20(19-21)32-34-26-15-4-6-17-28(26)36-32/h1-24H;1-20H;1-19H. The largest absolute Gasteiger partial charge is 0.309 e. The molecular weight excluding hydrogens is 1410 g/mol. The smallest absolute Gasteiger partial charge is 0.145 e. The first-order valence-corrected chi connectivity index (χ1v) is 39.1. The van der Waals surface area contributed by atoms with E-state index in [4.69, 9.17) is 29.9 Å². The van der Waals surface area contributed by atoms with Crippen LogP contribution < -0.4 is 0 Å². The lowest BCUT2D eigenvalue weighted by Gasteiger charge is -2.14. The van der Waals surface area contributed by atoms with E-state index in [0.717, 1.165) is 111 Å². The van der Waals surface area contributed by atoms with E-state index in [0.29, 0.717) is 0 Å². The lowest BCUT2D eigenvalue weighted by molar-refractivity contribution is 1.10. The Balaban J connectivity index is 0.000000102. The summed E-state index contributed by atoms with van der Waals surface area (Å²) < 4.78 is 12.7. The number of aromatic nitrogens is 11. The van der Waals surface area contributed by atoms with Gasteiger partial charge in [0.1, 0.15) is 16.5 Å². The molecule has 15 aromatic carbocycles. The number of thiazole rings is 1. The van der Waals surface area contributed by atoms with Crippen molar-refractivity contribution in [1.82, 2.24) is 52.6 Å². The number of fused-ring (bicyclic) bond motifs is 27. The zero-order valence-corrected chi connectivity index (χ0v) is 62.0. The third-order valence-corrected chi connectivity index (χ3v) is 23.6. The van der Waals surface area contributed by atoms with Gasteiger partial charge >= 0.3 is 0 Å². The molecule has 0 spiro atoms. The molecule has 0 saturated heterocycles. The Morgan fingerprint density at radius 3 is 1.16 bits per heavy atom. The molecule has 532 valence electrons. The van der Waals surface area contributed by atoms with Crippen molar-refractivity contribution in [3.63, 3.8) is 0 Å². The Labute approximate surface area is 655 Å². The summed E-state index contributed by atoms with van der Waals surface area (Å²) in [6.45, 7) is 0. The molecule has 0 saturated carbocycles. The van der Waals surface area contributed by atoms with Crippen molar-refractivity contribution >= 4 is 169 Å².